The van der Waals surface area contributed by atoms with Crippen molar-refractivity contribution < 1.29 is 9.53 Å². The third-order valence-electron chi connectivity index (χ3n) is 4.06. The number of anilines is 1. The number of benzene rings is 1. The second-order valence-electron chi connectivity index (χ2n) is 5.18. The molecule has 2 N–H and O–H groups in total. The highest BCUT2D eigenvalue weighted by Gasteiger charge is 2.45. The van der Waals surface area contributed by atoms with Crippen LogP contribution in [0, 0.1) is 0 Å². The Morgan fingerprint density at radius 2 is 1.94 bits per heavy atom. The Kier molecular flexibility index (Phi) is 2.74. The Bertz CT molecular complexity index is 451. The minimum Gasteiger partial charge on any atom is -0.442 e. The molecule has 1 saturated carbocycles. The van der Waals surface area contributed by atoms with E-state index in [0.29, 0.717) is 6.54 Å². The van der Waals surface area contributed by atoms with Crippen molar-refractivity contribution in [3.05, 3.63) is 29.8 Å². The van der Waals surface area contributed by atoms with Crippen LogP contribution in [0.1, 0.15) is 31.2 Å². The summed E-state index contributed by atoms with van der Waals surface area (Å²) >= 11 is 0. The Labute approximate surface area is 107 Å². The molecule has 1 aromatic carbocycles. The summed E-state index contributed by atoms with van der Waals surface area (Å²) in [5, 5.41) is 0. The quantitative estimate of drug-likeness (QED) is 0.871. The molecule has 1 saturated heterocycles. The highest BCUT2D eigenvalue weighted by Crippen LogP contribution is 2.42. The molecule has 0 atom stereocenters. The van der Waals surface area contributed by atoms with Crippen LogP contribution < -0.4 is 10.6 Å². The van der Waals surface area contributed by atoms with Crippen molar-refractivity contribution in [3.63, 3.8) is 0 Å². The first kappa shape index (κ1) is 11.5. The van der Waals surface area contributed by atoms with Crippen molar-refractivity contribution in [2.75, 3.05) is 11.4 Å². The third kappa shape index (κ3) is 1.86. The zero-order valence-corrected chi connectivity index (χ0v) is 10.4. The largest absolute Gasteiger partial charge is 0.442 e. The highest BCUT2D eigenvalue weighted by atomic mass is 16.6. The molecular formula is C14H18N2O2. The lowest BCUT2D eigenvalue weighted by atomic mass is 9.77. The lowest BCUT2D eigenvalue weighted by molar-refractivity contribution is -0.0610. The second-order valence-corrected chi connectivity index (χ2v) is 5.18. The summed E-state index contributed by atoms with van der Waals surface area (Å²) in [6.45, 7) is 1.27. The van der Waals surface area contributed by atoms with Crippen molar-refractivity contribution >= 4 is 11.8 Å². The summed E-state index contributed by atoms with van der Waals surface area (Å²) in [6, 6.07) is 7.77. The second kappa shape index (κ2) is 4.28. The van der Waals surface area contributed by atoms with E-state index in [9.17, 15) is 4.79 Å². The molecule has 0 radical (unpaired) electrons. The highest BCUT2D eigenvalue weighted by molar-refractivity contribution is 5.88. The summed E-state index contributed by atoms with van der Waals surface area (Å²) in [5.74, 6) is 0. The molecule has 1 heterocycles. The fraction of sp³-hybridized carbons (Fsp3) is 0.500. The van der Waals surface area contributed by atoms with Gasteiger partial charge in [0.05, 0.1) is 0 Å². The standard InChI is InChI=1S/C14H18N2O2/c15-10-11-2-4-12(5-3-11)16-9-8-14(6-1-7-14)18-13(16)17/h2-5H,1,6-10,15H2. The molecule has 2 aliphatic rings. The first-order chi connectivity index (χ1) is 8.72. The summed E-state index contributed by atoms with van der Waals surface area (Å²) in [4.78, 5) is 13.7. The van der Waals surface area contributed by atoms with Crippen LogP contribution in [0.4, 0.5) is 10.5 Å². The van der Waals surface area contributed by atoms with E-state index < -0.39 is 0 Å². The number of ether oxygens (including phenoxy) is 1. The maximum Gasteiger partial charge on any atom is 0.414 e. The molecule has 0 aromatic heterocycles. The van der Waals surface area contributed by atoms with E-state index in [2.05, 4.69) is 0 Å². The van der Waals surface area contributed by atoms with Gasteiger partial charge in [-0.2, -0.15) is 0 Å². The van der Waals surface area contributed by atoms with Gasteiger partial charge in [0.15, 0.2) is 0 Å². The average Bonchev–Trinajstić information content (AvgIpc) is 2.37. The monoisotopic (exact) mass is 246 g/mol. The fourth-order valence-electron chi connectivity index (χ4n) is 2.67. The van der Waals surface area contributed by atoms with Gasteiger partial charge in [-0.3, -0.25) is 4.90 Å². The lowest BCUT2D eigenvalue weighted by Crippen LogP contribution is -2.53. The number of nitrogens with two attached hydrogens (primary N) is 1. The average molecular weight is 246 g/mol. The topological polar surface area (TPSA) is 55.6 Å². The minimum atomic E-state index is -0.207. The SMILES string of the molecule is NCc1ccc(N2CCC3(CCC3)OC2=O)cc1. The van der Waals surface area contributed by atoms with Gasteiger partial charge < -0.3 is 10.5 Å². The van der Waals surface area contributed by atoms with Crippen LogP contribution in [0.2, 0.25) is 0 Å². The molecule has 18 heavy (non-hydrogen) atoms. The number of carbonyl (C=O) groups excluding carboxylic acids is 1. The molecule has 96 valence electrons. The number of amides is 1. The van der Waals surface area contributed by atoms with Gasteiger partial charge in [-0.1, -0.05) is 12.1 Å². The Hall–Kier alpha value is -1.55. The van der Waals surface area contributed by atoms with Crippen molar-refractivity contribution in [2.45, 2.75) is 37.8 Å². The minimum absolute atomic E-state index is 0.134. The zero-order valence-electron chi connectivity index (χ0n) is 10.4. The first-order valence-electron chi connectivity index (χ1n) is 6.52. The predicted molar refractivity (Wildman–Crippen MR) is 69.4 cm³/mol. The molecule has 1 aromatic rings. The van der Waals surface area contributed by atoms with Gasteiger partial charge in [0.25, 0.3) is 0 Å². The van der Waals surface area contributed by atoms with Gasteiger partial charge in [0.1, 0.15) is 5.60 Å². The van der Waals surface area contributed by atoms with Crippen molar-refractivity contribution in [1.29, 1.82) is 0 Å². The van der Waals surface area contributed by atoms with Gasteiger partial charge in [0.2, 0.25) is 0 Å². The third-order valence-corrected chi connectivity index (χ3v) is 4.06. The summed E-state index contributed by atoms with van der Waals surface area (Å²) in [7, 11) is 0. The zero-order chi connectivity index (χ0) is 12.6. The lowest BCUT2D eigenvalue weighted by Gasteiger charge is -2.46. The van der Waals surface area contributed by atoms with Crippen molar-refractivity contribution in [2.24, 2.45) is 5.73 Å². The number of hydrogen-bond donors (Lipinski definition) is 1. The van der Waals surface area contributed by atoms with Crippen LogP contribution >= 0.6 is 0 Å². The van der Waals surface area contributed by atoms with Crippen LogP contribution in [-0.2, 0) is 11.3 Å². The number of hydrogen-bond acceptors (Lipinski definition) is 3. The summed E-state index contributed by atoms with van der Waals surface area (Å²) < 4.78 is 5.60. The maximum atomic E-state index is 12.0. The van der Waals surface area contributed by atoms with Gasteiger partial charge in [-0.25, -0.2) is 4.79 Å². The van der Waals surface area contributed by atoms with E-state index >= 15 is 0 Å². The smallest absolute Gasteiger partial charge is 0.414 e. The molecule has 1 amide bonds. The Balaban J connectivity index is 1.74. The molecule has 2 fully saturated rings. The van der Waals surface area contributed by atoms with Crippen molar-refractivity contribution in [3.8, 4) is 0 Å². The molecule has 0 unspecified atom stereocenters. The molecule has 4 nitrogen and oxygen atoms in total. The summed E-state index contributed by atoms with van der Waals surface area (Å²) in [6.07, 6.45) is 3.97. The number of nitrogens with zero attached hydrogens (tertiary/aromatic N) is 1. The Morgan fingerprint density at radius 3 is 2.44 bits per heavy atom. The summed E-state index contributed by atoms with van der Waals surface area (Å²) in [5.41, 5.74) is 7.39. The van der Waals surface area contributed by atoms with E-state index in [4.69, 9.17) is 10.5 Å². The van der Waals surface area contributed by atoms with Crippen LogP contribution in [0.25, 0.3) is 0 Å². The van der Waals surface area contributed by atoms with Gasteiger partial charge in [0, 0.05) is 25.2 Å². The van der Waals surface area contributed by atoms with Crippen LogP contribution in [0.3, 0.4) is 0 Å². The van der Waals surface area contributed by atoms with Crippen LogP contribution in [-0.4, -0.2) is 18.2 Å². The van der Waals surface area contributed by atoms with Gasteiger partial charge in [-0.15, -0.1) is 0 Å². The van der Waals surface area contributed by atoms with E-state index in [1.165, 1.54) is 6.42 Å². The molecule has 4 heteroatoms. The molecule has 0 bridgehead atoms. The van der Waals surface area contributed by atoms with E-state index in [1.54, 1.807) is 4.90 Å². The van der Waals surface area contributed by atoms with E-state index in [-0.39, 0.29) is 11.7 Å². The van der Waals surface area contributed by atoms with Crippen molar-refractivity contribution in [1.82, 2.24) is 0 Å². The molecule has 3 rings (SSSR count). The van der Waals surface area contributed by atoms with Gasteiger partial charge in [-0.05, 0) is 37.0 Å². The van der Waals surface area contributed by atoms with E-state index in [1.807, 2.05) is 24.3 Å². The normalized spacial score (nSPS) is 21.6. The predicted octanol–water partition coefficient (Wildman–Crippen LogP) is 2.41. The van der Waals surface area contributed by atoms with E-state index in [0.717, 1.165) is 37.1 Å². The van der Waals surface area contributed by atoms with Crippen LogP contribution in [0.15, 0.2) is 24.3 Å². The number of carbonyl (C=O) groups is 1. The molecule has 1 spiro atoms. The fourth-order valence-corrected chi connectivity index (χ4v) is 2.67. The first-order valence-corrected chi connectivity index (χ1v) is 6.52. The molecular weight excluding hydrogens is 228 g/mol. The van der Waals surface area contributed by atoms with Gasteiger partial charge >= 0.3 is 6.09 Å². The maximum absolute atomic E-state index is 12.0. The van der Waals surface area contributed by atoms with Crippen LogP contribution in [0.5, 0.6) is 0 Å². The molecule has 1 aliphatic carbocycles. The number of rotatable bonds is 2. The molecule has 1 aliphatic heterocycles. The Morgan fingerprint density at radius 1 is 1.22 bits per heavy atom.